The average molecular weight is 356 g/mol. The van der Waals surface area contributed by atoms with Crippen molar-refractivity contribution in [2.45, 2.75) is 17.4 Å². The molecule has 0 aliphatic carbocycles. The van der Waals surface area contributed by atoms with Crippen molar-refractivity contribution in [2.75, 3.05) is 5.75 Å². The van der Waals surface area contributed by atoms with Gasteiger partial charge in [-0.25, -0.2) is 0 Å². The van der Waals surface area contributed by atoms with Crippen molar-refractivity contribution in [3.05, 3.63) is 94.8 Å². The summed E-state index contributed by atoms with van der Waals surface area (Å²) in [4.78, 5) is 5.29. The van der Waals surface area contributed by atoms with Gasteiger partial charge in [-0.1, -0.05) is 47.5 Å². The van der Waals surface area contributed by atoms with Gasteiger partial charge in [-0.3, -0.25) is 4.98 Å². The summed E-state index contributed by atoms with van der Waals surface area (Å²) in [6, 6.07) is 19.4. The second-order valence-corrected chi connectivity index (χ2v) is 7.20. The number of halogens is 1. The summed E-state index contributed by atoms with van der Waals surface area (Å²) < 4.78 is 0. The lowest BCUT2D eigenvalue weighted by Crippen LogP contribution is -2.30. The van der Waals surface area contributed by atoms with Gasteiger partial charge in [-0.15, -0.1) is 11.8 Å². The summed E-state index contributed by atoms with van der Waals surface area (Å²) in [6.45, 7) is 2.06. The van der Waals surface area contributed by atoms with E-state index in [9.17, 15) is 5.11 Å². The number of hydrogen-bond acceptors (Lipinski definition) is 3. The lowest BCUT2D eigenvalue weighted by molar-refractivity contribution is 0.107. The Labute approximate surface area is 151 Å². The highest BCUT2D eigenvalue weighted by atomic mass is 35.5. The highest BCUT2D eigenvalue weighted by molar-refractivity contribution is 7.99. The number of rotatable bonds is 5. The van der Waals surface area contributed by atoms with Crippen LogP contribution in [0.4, 0.5) is 0 Å². The Bertz CT molecular complexity index is 790. The molecular weight excluding hydrogens is 338 g/mol. The Morgan fingerprint density at radius 1 is 1.00 bits per heavy atom. The molecule has 0 fully saturated rings. The summed E-state index contributed by atoms with van der Waals surface area (Å²) in [7, 11) is 0. The summed E-state index contributed by atoms with van der Waals surface area (Å²) in [5.74, 6) is 0.489. The molecular formula is C20H18ClNOS. The molecule has 1 heterocycles. The van der Waals surface area contributed by atoms with Crippen LogP contribution in [-0.4, -0.2) is 15.8 Å². The molecule has 122 valence electrons. The van der Waals surface area contributed by atoms with Crippen molar-refractivity contribution in [2.24, 2.45) is 0 Å². The molecule has 3 rings (SSSR count). The van der Waals surface area contributed by atoms with Crippen LogP contribution in [0, 0.1) is 6.92 Å². The molecule has 0 aliphatic heterocycles. The number of pyridine rings is 1. The molecule has 0 amide bonds. The van der Waals surface area contributed by atoms with E-state index >= 15 is 0 Å². The lowest BCUT2D eigenvalue weighted by atomic mass is 9.89. The first-order valence-electron chi connectivity index (χ1n) is 7.66. The van der Waals surface area contributed by atoms with Crippen LogP contribution in [0.1, 0.15) is 16.7 Å². The molecule has 0 bridgehead atoms. The highest BCUT2D eigenvalue weighted by Gasteiger charge is 2.32. The Morgan fingerprint density at radius 3 is 2.33 bits per heavy atom. The molecule has 0 aliphatic rings. The smallest absolute Gasteiger partial charge is 0.125 e. The maximum atomic E-state index is 11.5. The molecule has 2 nitrogen and oxygen atoms in total. The Kier molecular flexibility index (Phi) is 5.24. The summed E-state index contributed by atoms with van der Waals surface area (Å²) in [6.07, 6.45) is 3.42. The number of hydrogen-bond donors (Lipinski definition) is 1. The maximum Gasteiger partial charge on any atom is 0.125 e. The van der Waals surface area contributed by atoms with Gasteiger partial charge in [0, 0.05) is 33.6 Å². The van der Waals surface area contributed by atoms with Crippen LogP contribution in [0.25, 0.3) is 0 Å². The van der Waals surface area contributed by atoms with E-state index in [1.165, 1.54) is 5.56 Å². The van der Waals surface area contributed by atoms with Gasteiger partial charge in [-0.2, -0.15) is 0 Å². The Hall–Kier alpha value is -1.81. The van der Waals surface area contributed by atoms with E-state index in [-0.39, 0.29) is 0 Å². The molecule has 24 heavy (non-hydrogen) atoms. The zero-order valence-electron chi connectivity index (χ0n) is 13.3. The van der Waals surface area contributed by atoms with Crippen molar-refractivity contribution >= 4 is 23.4 Å². The fourth-order valence-electron chi connectivity index (χ4n) is 2.49. The number of thioether (sulfide) groups is 1. The van der Waals surface area contributed by atoms with Crippen LogP contribution in [0.5, 0.6) is 0 Å². The average Bonchev–Trinajstić information content (AvgIpc) is 2.62. The van der Waals surface area contributed by atoms with Gasteiger partial charge in [-0.05, 0) is 42.8 Å². The van der Waals surface area contributed by atoms with E-state index < -0.39 is 5.60 Å². The van der Waals surface area contributed by atoms with Crippen molar-refractivity contribution in [3.8, 4) is 0 Å². The quantitative estimate of drug-likeness (QED) is 0.648. The van der Waals surface area contributed by atoms with E-state index in [1.807, 2.05) is 24.3 Å². The first-order chi connectivity index (χ1) is 11.6. The van der Waals surface area contributed by atoms with E-state index in [0.29, 0.717) is 10.8 Å². The number of benzene rings is 2. The monoisotopic (exact) mass is 355 g/mol. The van der Waals surface area contributed by atoms with Gasteiger partial charge in [0.05, 0.1) is 0 Å². The molecule has 0 radical (unpaired) electrons. The number of aliphatic hydroxyl groups is 1. The van der Waals surface area contributed by atoms with Gasteiger partial charge in [0.1, 0.15) is 5.60 Å². The zero-order valence-corrected chi connectivity index (χ0v) is 14.9. The molecule has 1 atom stereocenters. The summed E-state index contributed by atoms with van der Waals surface area (Å²) >= 11 is 7.62. The molecule has 1 aromatic heterocycles. The van der Waals surface area contributed by atoms with Crippen LogP contribution >= 0.6 is 23.4 Å². The standard InChI is InChI=1S/C20H18ClNOS/c1-15-4-10-19(11-5-15)24-14-20(23,17-3-2-12-22-13-17)16-6-8-18(21)9-7-16/h2-13,23H,14H2,1H3. The van der Waals surface area contributed by atoms with Gasteiger partial charge in [0.2, 0.25) is 0 Å². The SMILES string of the molecule is Cc1ccc(SCC(O)(c2ccc(Cl)cc2)c2cccnc2)cc1. The van der Waals surface area contributed by atoms with E-state index in [0.717, 1.165) is 16.0 Å². The second-order valence-electron chi connectivity index (χ2n) is 5.71. The minimum Gasteiger partial charge on any atom is -0.379 e. The third kappa shape index (κ3) is 3.81. The van der Waals surface area contributed by atoms with Crippen LogP contribution < -0.4 is 0 Å². The normalized spacial score (nSPS) is 13.5. The molecule has 3 aromatic rings. The minimum absolute atomic E-state index is 0.489. The van der Waals surface area contributed by atoms with Gasteiger partial charge in [0.15, 0.2) is 0 Å². The van der Waals surface area contributed by atoms with E-state index in [1.54, 1.807) is 36.3 Å². The molecule has 1 unspecified atom stereocenters. The molecule has 0 saturated heterocycles. The molecule has 0 saturated carbocycles. The topological polar surface area (TPSA) is 33.1 Å². The summed E-state index contributed by atoms with van der Waals surface area (Å²) in [5.41, 5.74) is 1.67. The number of aryl methyl sites for hydroxylation is 1. The largest absolute Gasteiger partial charge is 0.379 e. The summed E-state index contributed by atoms with van der Waals surface area (Å²) in [5, 5.41) is 12.1. The molecule has 2 aromatic carbocycles. The van der Waals surface area contributed by atoms with Crippen molar-refractivity contribution in [1.29, 1.82) is 0 Å². The van der Waals surface area contributed by atoms with Crippen LogP contribution in [0.3, 0.4) is 0 Å². The first-order valence-corrected chi connectivity index (χ1v) is 9.03. The van der Waals surface area contributed by atoms with E-state index in [2.05, 4.69) is 36.2 Å². The second kappa shape index (κ2) is 7.39. The predicted octanol–water partition coefficient (Wildman–Crippen LogP) is 5.07. The lowest BCUT2D eigenvalue weighted by Gasteiger charge is -2.29. The van der Waals surface area contributed by atoms with Crippen molar-refractivity contribution < 1.29 is 5.11 Å². The van der Waals surface area contributed by atoms with Crippen LogP contribution in [-0.2, 0) is 5.60 Å². The molecule has 4 heteroatoms. The van der Waals surface area contributed by atoms with E-state index in [4.69, 9.17) is 11.6 Å². The molecule has 1 N–H and O–H groups in total. The maximum absolute atomic E-state index is 11.5. The third-order valence-corrected chi connectivity index (χ3v) is 5.35. The number of nitrogens with zero attached hydrogens (tertiary/aromatic N) is 1. The van der Waals surface area contributed by atoms with Crippen LogP contribution in [0.15, 0.2) is 78.0 Å². The number of aromatic nitrogens is 1. The third-order valence-electron chi connectivity index (χ3n) is 3.93. The molecule has 0 spiro atoms. The highest BCUT2D eigenvalue weighted by Crippen LogP contribution is 2.35. The fraction of sp³-hybridized carbons (Fsp3) is 0.150. The van der Waals surface area contributed by atoms with Crippen molar-refractivity contribution in [3.63, 3.8) is 0 Å². The Morgan fingerprint density at radius 2 is 1.71 bits per heavy atom. The predicted molar refractivity (Wildman–Crippen MR) is 101 cm³/mol. The van der Waals surface area contributed by atoms with Gasteiger partial charge >= 0.3 is 0 Å². The van der Waals surface area contributed by atoms with Crippen molar-refractivity contribution in [1.82, 2.24) is 4.98 Å². The zero-order chi connectivity index (χ0) is 17.0. The first kappa shape index (κ1) is 17.0. The van der Waals surface area contributed by atoms with Gasteiger partial charge < -0.3 is 5.11 Å². The Balaban J connectivity index is 1.93. The fourth-order valence-corrected chi connectivity index (χ4v) is 3.65. The van der Waals surface area contributed by atoms with Crippen LogP contribution in [0.2, 0.25) is 5.02 Å². The van der Waals surface area contributed by atoms with Gasteiger partial charge in [0.25, 0.3) is 0 Å². The minimum atomic E-state index is -1.13.